The number of likely N-dealkylation sites (N-methyl/N-ethyl adjacent to an activating group) is 1. The van der Waals surface area contributed by atoms with Gasteiger partial charge in [-0.05, 0) is 64.1 Å². The molecule has 1 aliphatic carbocycles. The highest BCUT2D eigenvalue weighted by atomic mass is 32.2. The molecular formula is C19H37NO2S. The van der Waals surface area contributed by atoms with Crippen LogP contribution in [-0.4, -0.2) is 59.0 Å². The molecule has 1 atom stereocenters. The minimum atomic E-state index is -0.590. The lowest BCUT2D eigenvalue weighted by Crippen LogP contribution is -2.35. The van der Waals surface area contributed by atoms with Gasteiger partial charge in [-0.1, -0.05) is 37.1 Å². The maximum atomic E-state index is 9.30. The highest BCUT2D eigenvalue weighted by Gasteiger charge is 2.08. The minimum Gasteiger partial charge on any atom is -0.394 e. The highest BCUT2D eigenvalue weighted by molar-refractivity contribution is 7.99. The molecule has 0 spiro atoms. The van der Waals surface area contributed by atoms with E-state index in [0.29, 0.717) is 6.54 Å². The molecule has 136 valence electrons. The van der Waals surface area contributed by atoms with E-state index in [0.717, 1.165) is 19.5 Å². The van der Waals surface area contributed by atoms with Crippen molar-refractivity contribution in [2.24, 2.45) is 0 Å². The van der Waals surface area contributed by atoms with Gasteiger partial charge in [0.1, 0.15) is 0 Å². The smallest absolute Gasteiger partial charge is 0.0897 e. The Morgan fingerprint density at radius 3 is 2.17 bits per heavy atom. The summed E-state index contributed by atoms with van der Waals surface area (Å²) in [5, 5.41) is 18.0. The van der Waals surface area contributed by atoms with E-state index >= 15 is 0 Å². The molecule has 0 aliphatic heterocycles. The Morgan fingerprint density at radius 1 is 1.13 bits per heavy atom. The van der Waals surface area contributed by atoms with E-state index in [9.17, 15) is 5.11 Å². The van der Waals surface area contributed by atoms with Crippen LogP contribution in [0.4, 0.5) is 0 Å². The van der Waals surface area contributed by atoms with Crippen LogP contribution < -0.4 is 0 Å². The standard InChI is InChI=1S/C11H25NO2S.C8H12/c1-3-7-15-8-5-6-12(4-2)9-11(14)10-13;1-7-3-5-8(2)6-4-7/h11,13-14H,3-10H2,1-2H3;3,5H,4,6H2,1-2H3. The van der Waals surface area contributed by atoms with Gasteiger partial charge in [0, 0.05) is 6.54 Å². The van der Waals surface area contributed by atoms with E-state index in [1.807, 2.05) is 11.8 Å². The fourth-order valence-electron chi connectivity index (χ4n) is 2.22. The van der Waals surface area contributed by atoms with E-state index in [1.54, 1.807) is 0 Å². The van der Waals surface area contributed by atoms with Gasteiger partial charge in [0.05, 0.1) is 12.7 Å². The quantitative estimate of drug-likeness (QED) is 0.591. The van der Waals surface area contributed by atoms with Crippen molar-refractivity contribution in [3.8, 4) is 0 Å². The SMILES string of the molecule is CC1=CC=C(C)CC1.CCCSCCCN(CC)CC(O)CO. The summed E-state index contributed by atoms with van der Waals surface area (Å²) in [6.07, 6.45) is 8.76. The second kappa shape index (κ2) is 15.3. The summed E-state index contributed by atoms with van der Waals surface area (Å²) in [5.74, 6) is 2.44. The summed E-state index contributed by atoms with van der Waals surface area (Å²) in [5.41, 5.74) is 3.02. The van der Waals surface area contributed by atoms with Crippen LogP contribution in [0.5, 0.6) is 0 Å². The molecule has 0 saturated carbocycles. The Bertz CT molecular complexity index is 324. The molecule has 3 nitrogen and oxygen atoms in total. The molecule has 4 heteroatoms. The lowest BCUT2D eigenvalue weighted by atomic mass is 10.0. The number of aliphatic hydroxyl groups is 2. The summed E-state index contributed by atoms with van der Waals surface area (Å²) in [6, 6.07) is 0. The van der Waals surface area contributed by atoms with Gasteiger partial charge in [0.25, 0.3) is 0 Å². The van der Waals surface area contributed by atoms with Crippen LogP contribution in [0.3, 0.4) is 0 Å². The molecule has 0 heterocycles. The first-order valence-corrected chi connectivity index (χ1v) is 10.1. The van der Waals surface area contributed by atoms with Crippen LogP contribution >= 0.6 is 11.8 Å². The number of nitrogens with zero attached hydrogens (tertiary/aromatic N) is 1. The number of hydrogen-bond acceptors (Lipinski definition) is 4. The van der Waals surface area contributed by atoms with Crippen molar-refractivity contribution in [1.29, 1.82) is 0 Å². The Balaban J connectivity index is 0.000000502. The maximum Gasteiger partial charge on any atom is 0.0897 e. The Hall–Kier alpha value is -0.290. The molecule has 0 fully saturated rings. The van der Waals surface area contributed by atoms with E-state index in [2.05, 4.69) is 44.7 Å². The van der Waals surface area contributed by atoms with E-state index < -0.39 is 6.10 Å². The summed E-state index contributed by atoms with van der Waals surface area (Å²) >= 11 is 1.99. The molecule has 0 aromatic rings. The van der Waals surface area contributed by atoms with Gasteiger partial charge in [-0.25, -0.2) is 0 Å². The average Bonchev–Trinajstić information content (AvgIpc) is 2.56. The normalized spacial score (nSPS) is 15.6. The molecule has 1 rings (SSSR count). The van der Waals surface area contributed by atoms with Gasteiger partial charge in [-0.2, -0.15) is 11.8 Å². The van der Waals surface area contributed by atoms with Gasteiger partial charge < -0.3 is 15.1 Å². The van der Waals surface area contributed by atoms with Gasteiger partial charge in [-0.3, -0.25) is 0 Å². The first kappa shape index (κ1) is 22.7. The predicted octanol–water partition coefficient (Wildman–Crippen LogP) is 3.87. The number of thioether (sulfide) groups is 1. The fourth-order valence-corrected chi connectivity index (χ4v) is 3.04. The molecule has 0 bridgehead atoms. The molecule has 1 aliphatic rings. The van der Waals surface area contributed by atoms with Crippen LogP contribution in [0.2, 0.25) is 0 Å². The lowest BCUT2D eigenvalue weighted by molar-refractivity contribution is 0.0608. The summed E-state index contributed by atoms with van der Waals surface area (Å²) in [4.78, 5) is 2.19. The number of allylic oxidation sites excluding steroid dienone is 4. The van der Waals surface area contributed by atoms with Crippen LogP contribution in [0.1, 0.15) is 53.4 Å². The van der Waals surface area contributed by atoms with Crippen LogP contribution in [0, 0.1) is 0 Å². The third-order valence-corrected chi connectivity index (χ3v) is 5.08. The van der Waals surface area contributed by atoms with Gasteiger partial charge in [0.15, 0.2) is 0 Å². The number of hydrogen-bond donors (Lipinski definition) is 2. The summed E-state index contributed by atoms with van der Waals surface area (Å²) in [7, 11) is 0. The van der Waals surface area contributed by atoms with Gasteiger partial charge in [0.2, 0.25) is 0 Å². The molecule has 2 N–H and O–H groups in total. The minimum absolute atomic E-state index is 0.138. The third kappa shape index (κ3) is 13.8. The van der Waals surface area contributed by atoms with Crippen molar-refractivity contribution in [3.05, 3.63) is 23.3 Å². The van der Waals surface area contributed by atoms with E-state index in [4.69, 9.17) is 5.11 Å². The van der Waals surface area contributed by atoms with Crippen molar-refractivity contribution < 1.29 is 10.2 Å². The largest absolute Gasteiger partial charge is 0.394 e. The summed E-state index contributed by atoms with van der Waals surface area (Å²) in [6.45, 7) is 11.1. The zero-order valence-electron chi connectivity index (χ0n) is 15.6. The van der Waals surface area contributed by atoms with Crippen molar-refractivity contribution in [2.45, 2.75) is 59.5 Å². The van der Waals surface area contributed by atoms with E-state index in [1.165, 1.54) is 41.9 Å². The second-order valence-electron chi connectivity index (χ2n) is 6.22. The van der Waals surface area contributed by atoms with Crippen molar-refractivity contribution in [3.63, 3.8) is 0 Å². The molecule has 0 saturated heterocycles. The van der Waals surface area contributed by atoms with Crippen LogP contribution in [0.25, 0.3) is 0 Å². The highest BCUT2D eigenvalue weighted by Crippen LogP contribution is 2.16. The van der Waals surface area contributed by atoms with Gasteiger partial charge in [-0.15, -0.1) is 0 Å². The van der Waals surface area contributed by atoms with Crippen LogP contribution in [0.15, 0.2) is 23.3 Å². The molecule has 0 amide bonds. The zero-order valence-corrected chi connectivity index (χ0v) is 16.4. The predicted molar refractivity (Wildman–Crippen MR) is 104 cm³/mol. The summed E-state index contributed by atoms with van der Waals surface area (Å²) < 4.78 is 0. The Labute approximate surface area is 147 Å². The van der Waals surface area contributed by atoms with Crippen molar-refractivity contribution in [2.75, 3.05) is 37.7 Å². The topological polar surface area (TPSA) is 43.7 Å². The average molecular weight is 344 g/mol. The third-order valence-electron chi connectivity index (χ3n) is 3.80. The molecule has 0 aromatic heterocycles. The zero-order chi connectivity index (χ0) is 17.5. The number of aliphatic hydroxyl groups excluding tert-OH is 2. The molecule has 23 heavy (non-hydrogen) atoms. The first-order chi connectivity index (χ1) is 11.0. The lowest BCUT2D eigenvalue weighted by Gasteiger charge is -2.22. The molecule has 0 aromatic carbocycles. The first-order valence-electron chi connectivity index (χ1n) is 8.95. The maximum absolute atomic E-state index is 9.30. The Morgan fingerprint density at radius 2 is 1.74 bits per heavy atom. The molecule has 1 unspecified atom stereocenters. The second-order valence-corrected chi connectivity index (χ2v) is 7.45. The van der Waals surface area contributed by atoms with E-state index in [-0.39, 0.29) is 6.61 Å². The Kier molecular flexibility index (Phi) is 15.1. The number of rotatable bonds is 10. The monoisotopic (exact) mass is 343 g/mol. The van der Waals surface area contributed by atoms with Crippen LogP contribution in [-0.2, 0) is 0 Å². The molecule has 0 radical (unpaired) electrons. The van der Waals surface area contributed by atoms with Crippen molar-refractivity contribution >= 4 is 11.8 Å². The van der Waals surface area contributed by atoms with Crippen molar-refractivity contribution in [1.82, 2.24) is 4.90 Å². The molecular weight excluding hydrogens is 306 g/mol. The van der Waals surface area contributed by atoms with Gasteiger partial charge >= 0.3 is 0 Å². The fraction of sp³-hybridized carbons (Fsp3) is 0.789.